The number of carbonyl (C=O) groups is 2. The topological polar surface area (TPSA) is 58.2 Å². The average molecular weight is 454 g/mol. The van der Waals surface area contributed by atoms with Crippen LogP contribution < -0.4 is 10.6 Å². The van der Waals surface area contributed by atoms with E-state index in [1.165, 1.54) is 11.8 Å². The largest absolute Gasteiger partial charge is 0.353 e. The van der Waals surface area contributed by atoms with E-state index in [0.29, 0.717) is 5.56 Å². The summed E-state index contributed by atoms with van der Waals surface area (Å²) in [7, 11) is 0. The first-order chi connectivity index (χ1) is 11.5. The van der Waals surface area contributed by atoms with E-state index in [9.17, 15) is 9.59 Å². The molecular weight excluding hydrogens is 435 g/mol. The summed E-state index contributed by atoms with van der Waals surface area (Å²) in [6.07, 6.45) is 0. The minimum Gasteiger partial charge on any atom is -0.353 e. The molecule has 0 heterocycles. The Morgan fingerprint density at radius 1 is 1.12 bits per heavy atom. The summed E-state index contributed by atoms with van der Waals surface area (Å²) in [4.78, 5) is 25.1. The quantitative estimate of drug-likeness (QED) is 0.509. The second-order valence-electron chi connectivity index (χ2n) is 5.47. The molecule has 2 rings (SSSR count). The van der Waals surface area contributed by atoms with Crippen molar-refractivity contribution in [3.63, 3.8) is 0 Å². The minimum atomic E-state index is -0.177. The predicted molar refractivity (Wildman–Crippen MR) is 108 cm³/mol. The number of hydrogen-bond donors (Lipinski definition) is 2. The Hall–Kier alpha value is -1.54. The van der Waals surface area contributed by atoms with Crippen molar-refractivity contribution in [1.82, 2.24) is 5.32 Å². The zero-order chi connectivity index (χ0) is 17.5. The second kappa shape index (κ2) is 9.08. The van der Waals surface area contributed by atoms with Crippen molar-refractivity contribution in [2.45, 2.75) is 24.8 Å². The number of halogens is 1. The number of carbonyl (C=O) groups excluding carboxylic acids is 2. The summed E-state index contributed by atoms with van der Waals surface area (Å²) in [5, 5.41) is 5.75. The molecule has 0 spiro atoms. The maximum Gasteiger partial charge on any atom is 0.256 e. The Kier molecular flexibility index (Phi) is 7.11. The van der Waals surface area contributed by atoms with E-state index in [4.69, 9.17) is 0 Å². The van der Waals surface area contributed by atoms with Crippen LogP contribution in [0.4, 0.5) is 5.69 Å². The number of thioether (sulfide) groups is 1. The number of benzene rings is 2. The van der Waals surface area contributed by atoms with Crippen molar-refractivity contribution in [3.05, 3.63) is 57.7 Å². The standard InChI is InChI=1S/C18H19IN2O2S/c1-12(2)20-17(22)11-24-16-9-4-3-8-15(16)18(23)21-14-7-5-6-13(19)10-14/h3-10,12H,11H2,1-2H3,(H,20,22)(H,21,23). The third kappa shape index (κ3) is 5.83. The van der Waals surface area contributed by atoms with Crippen LogP contribution in [0.1, 0.15) is 24.2 Å². The maximum atomic E-state index is 12.5. The number of anilines is 1. The lowest BCUT2D eigenvalue weighted by Gasteiger charge is -2.11. The molecule has 0 atom stereocenters. The van der Waals surface area contributed by atoms with Gasteiger partial charge in [0.1, 0.15) is 0 Å². The van der Waals surface area contributed by atoms with Crippen molar-refractivity contribution in [2.24, 2.45) is 0 Å². The molecule has 126 valence electrons. The number of amides is 2. The van der Waals surface area contributed by atoms with Crippen LogP contribution in [0, 0.1) is 3.57 Å². The van der Waals surface area contributed by atoms with Crippen molar-refractivity contribution < 1.29 is 9.59 Å². The molecule has 0 saturated heterocycles. The van der Waals surface area contributed by atoms with Gasteiger partial charge in [-0.15, -0.1) is 11.8 Å². The fraction of sp³-hybridized carbons (Fsp3) is 0.222. The van der Waals surface area contributed by atoms with Gasteiger partial charge in [-0.05, 0) is 66.8 Å². The lowest BCUT2D eigenvalue weighted by Crippen LogP contribution is -2.31. The molecule has 0 saturated carbocycles. The molecule has 0 aliphatic rings. The second-order valence-corrected chi connectivity index (χ2v) is 7.73. The number of nitrogens with one attached hydrogen (secondary N) is 2. The highest BCUT2D eigenvalue weighted by Gasteiger charge is 2.13. The maximum absolute atomic E-state index is 12.5. The molecular formula is C18H19IN2O2S. The fourth-order valence-corrected chi connectivity index (χ4v) is 3.46. The molecule has 2 N–H and O–H groups in total. The van der Waals surface area contributed by atoms with E-state index >= 15 is 0 Å². The SMILES string of the molecule is CC(C)NC(=O)CSc1ccccc1C(=O)Nc1cccc(I)c1. The molecule has 0 bridgehead atoms. The van der Waals surface area contributed by atoms with Crippen molar-refractivity contribution in [2.75, 3.05) is 11.1 Å². The van der Waals surface area contributed by atoms with E-state index in [1.807, 2.05) is 56.3 Å². The molecule has 24 heavy (non-hydrogen) atoms. The first-order valence-electron chi connectivity index (χ1n) is 7.54. The summed E-state index contributed by atoms with van der Waals surface area (Å²) in [6.45, 7) is 3.84. The Balaban J connectivity index is 2.07. The molecule has 4 nitrogen and oxygen atoms in total. The van der Waals surface area contributed by atoms with Gasteiger partial charge in [-0.3, -0.25) is 9.59 Å². The molecule has 2 amide bonds. The monoisotopic (exact) mass is 454 g/mol. The molecule has 6 heteroatoms. The normalized spacial score (nSPS) is 10.5. The summed E-state index contributed by atoms with van der Waals surface area (Å²) >= 11 is 3.57. The average Bonchev–Trinajstić information content (AvgIpc) is 2.52. The Morgan fingerprint density at radius 2 is 1.88 bits per heavy atom. The van der Waals surface area contributed by atoms with E-state index in [-0.39, 0.29) is 23.6 Å². The first-order valence-corrected chi connectivity index (χ1v) is 9.60. The van der Waals surface area contributed by atoms with Crippen LogP contribution in [0.25, 0.3) is 0 Å². The molecule has 0 aliphatic heterocycles. The molecule has 2 aromatic rings. The van der Waals surface area contributed by atoms with Crippen LogP contribution in [-0.4, -0.2) is 23.6 Å². The fourth-order valence-electron chi connectivity index (χ4n) is 2.05. The highest BCUT2D eigenvalue weighted by Crippen LogP contribution is 2.24. The van der Waals surface area contributed by atoms with Gasteiger partial charge in [0.05, 0.1) is 11.3 Å². The van der Waals surface area contributed by atoms with Crippen molar-refractivity contribution in [3.8, 4) is 0 Å². The van der Waals surface area contributed by atoms with Gasteiger partial charge in [0.25, 0.3) is 5.91 Å². The van der Waals surface area contributed by atoms with Crippen LogP contribution in [0.3, 0.4) is 0 Å². The molecule has 0 aromatic heterocycles. The smallest absolute Gasteiger partial charge is 0.256 e. The summed E-state index contributed by atoms with van der Waals surface area (Å²) in [5.74, 6) is 0.0679. The van der Waals surface area contributed by atoms with E-state index in [2.05, 4.69) is 33.2 Å². The van der Waals surface area contributed by atoms with Gasteiger partial charge in [-0.1, -0.05) is 18.2 Å². The van der Waals surface area contributed by atoms with Gasteiger partial charge in [0, 0.05) is 20.2 Å². The predicted octanol–water partition coefficient (Wildman–Crippen LogP) is 4.16. The third-order valence-corrected chi connectivity index (χ3v) is 4.77. The summed E-state index contributed by atoms with van der Waals surface area (Å²) < 4.78 is 1.05. The van der Waals surface area contributed by atoms with Gasteiger partial charge >= 0.3 is 0 Å². The van der Waals surface area contributed by atoms with Crippen LogP contribution in [0.5, 0.6) is 0 Å². The molecule has 0 radical (unpaired) electrons. The zero-order valence-electron chi connectivity index (χ0n) is 13.5. The highest BCUT2D eigenvalue weighted by molar-refractivity contribution is 14.1. The van der Waals surface area contributed by atoms with E-state index in [0.717, 1.165) is 14.2 Å². The molecule has 0 aliphatic carbocycles. The van der Waals surface area contributed by atoms with Gasteiger partial charge in [-0.2, -0.15) is 0 Å². The molecule has 2 aromatic carbocycles. The zero-order valence-corrected chi connectivity index (χ0v) is 16.5. The van der Waals surface area contributed by atoms with Gasteiger partial charge in [0.15, 0.2) is 0 Å². The van der Waals surface area contributed by atoms with Crippen LogP contribution in [-0.2, 0) is 4.79 Å². The van der Waals surface area contributed by atoms with E-state index in [1.54, 1.807) is 6.07 Å². The Morgan fingerprint density at radius 3 is 2.58 bits per heavy atom. The van der Waals surface area contributed by atoms with Crippen molar-refractivity contribution in [1.29, 1.82) is 0 Å². The van der Waals surface area contributed by atoms with Crippen LogP contribution in [0.15, 0.2) is 53.4 Å². The molecule has 0 fully saturated rings. The Bertz CT molecular complexity index is 734. The minimum absolute atomic E-state index is 0.0391. The first kappa shape index (κ1) is 18.8. The molecule has 0 unspecified atom stereocenters. The third-order valence-electron chi connectivity index (χ3n) is 3.02. The lowest BCUT2D eigenvalue weighted by atomic mass is 10.2. The van der Waals surface area contributed by atoms with Crippen molar-refractivity contribution >= 4 is 51.9 Å². The van der Waals surface area contributed by atoms with Gasteiger partial charge in [-0.25, -0.2) is 0 Å². The highest BCUT2D eigenvalue weighted by atomic mass is 127. The van der Waals surface area contributed by atoms with E-state index < -0.39 is 0 Å². The Labute approximate surface area is 159 Å². The summed E-state index contributed by atoms with van der Waals surface area (Å²) in [5.41, 5.74) is 1.32. The van der Waals surface area contributed by atoms with Crippen LogP contribution in [0.2, 0.25) is 0 Å². The lowest BCUT2D eigenvalue weighted by molar-refractivity contribution is -0.119. The van der Waals surface area contributed by atoms with Gasteiger partial charge < -0.3 is 10.6 Å². The van der Waals surface area contributed by atoms with Crippen LogP contribution >= 0.6 is 34.4 Å². The number of hydrogen-bond acceptors (Lipinski definition) is 3. The van der Waals surface area contributed by atoms with Gasteiger partial charge in [0.2, 0.25) is 5.91 Å². The number of rotatable bonds is 6. The summed E-state index contributed by atoms with van der Waals surface area (Å²) in [6, 6.07) is 15.0.